The van der Waals surface area contributed by atoms with Gasteiger partial charge in [-0.2, -0.15) is 0 Å². The van der Waals surface area contributed by atoms with Crippen LogP contribution in [0.2, 0.25) is 5.02 Å². The zero-order valence-electron chi connectivity index (χ0n) is 11.1. The number of nitrogens with zero attached hydrogens (tertiary/aromatic N) is 2. The molecule has 1 atom stereocenters. The Morgan fingerprint density at radius 2 is 2.25 bits per heavy atom. The van der Waals surface area contributed by atoms with Crippen LogP contribution in [0.3, 0.4) is 0 Å². The van der Waals surface area contributed by atoms with Crippen molar-refractivity contribution in [3.8, 4) is 5.75 Å². The summed E-state index contributed by atoms with van der Waals surface area (Å²) in [4.78, 5) is 7.82. The summed E-state index contributed by atoms with van der Waals surface area (Å²) in [6, 6.07) is 7.13. The van der Waals surface area contributed by atoms with Crippen molar-refractivity contribution in [2.24, 2.45) is 0 Å². The van der Waals surface area contributed by atoms with Crippen molar-refractivity contribution < 1.29 is 9.84 Å². The Morgan fingerprint density at radius 3 is 2.95 bits per heavy atom. The number of aliphatic hydroxyl groups excluding tert-OH is 1. The standard InChI is InChI=1S/C14H16ClN3O2/c1-10-6-12(2-3-13(10)15)20-8-11(19)7-17-14-4-5-16-9-18-14/h2-6,9,11,19H,7-8H2,1H3,(H,16,17,18). The van der Waals surface area contributed by atoms with Crippen molar-refractivity contribution in [3.63, 3.8) is 0 Å². The van der Waals surface area contributed by atoms with Crippen molar-refractivity contribution in [2.75, 3.05) is 18.5 Å². The molecule has 0 bridgehead atoms. The summed E-state index contributed by atoms with van der Waals surface area (Å²) in [5.74, 6) is 1.36. The molecule has 20 heavy (non-hydrogen) atoms. The maximum Gasteiger partial charge on any atom is 0.129 e. The van der Waals surface area contributed by atoms with Crippen LogP contribution in [-0.2, 0) is 0 Å². The van der Waals surface area contributed by atoms with Gasteiger partial charge in [-0.25, -0.2) is 9.97 Å². The van der Waals surface area contributed by atoms with Gasteiger partial charge in [0.1, 0.15) is 30.6 Å². The molecule has 6 heteroatoms. The molecular weight excluding hydrogens is 278 g/mol. The molecule has 0 amide bonds. The van der Waals surface area contributed by atoms with Crippen molar-refractivity contribution >= 4 is 17.4 Å². The molecule has 0 saturated carbocycles. The molecule has 0 saturated heterocycles. The van der Waals surface area contributed by atoms with Gasteiger partial charge in [-0.15, -0.1) is 0 Å². The molecule has 0 aliphatic rings. The predicted octanol–water partition coefficient (Wildman–Crippen LogP) is 2.29. The minimum atomic E-state index is -0.638. The Kier molecular flexibility index (Phi) is 5.15. The average Bonchev–Trinajstić information content (AvgIpc) is 2.47. The Hall–Kier alpha value is -1.85. The van der Waals surface area contributed by atoms with Crippen molar-refractivity contribution in [1.29, 1.82) is 0 Å². The van der Waals surface area contributed by atoms with Gasteiger partial charge in [0.2, 0.25) is 0 Å². The van der Waals surface area contributed by atoms with Crippen molar-refractivity contribution in [3.05, 3.63) is 47.4 Å². The molecule has 2 N–H and O–H groups in total. The molecule has 0 aliphatic heterocycles. The van der Waals surface area contributed by atoms with E-state index in [0.29, 0.717) is 23.1 Å². The first-order valence-electron chi connectivity index (χ1n) is 6.22. The lowest BCUT2D eigenvalue weighted by molar-refractivity contribution is 0.117. The molecule has 0 aliphatic carbocycles. The van der Waals surface area contributed by atoms with Crippen LogP contribution in [0, 0.1) is 6.92 Å². The van der Waals surface area contributed by atoms with E-state index in [1.165, 1.54) is 6.33 Å². The Balaban J connectivity index is 1.77. The zero-order chi connectivity index (χ0) is 14.4. The number of nitrogens with one attached hydrogen (secondary N) is 1. The molecule has 5 nitrogen and oxygen atoms in total. The van der Waals surface area contributed by atoms with E-state index in [-0.39, 0.29) is 6.61 Å². The largest absolute Gasteiger partial charge is 0.491 e. The Labute approximate surface area is 122 Å². The van der Waals surface area contributed by atoms with E-state index in [1.807, 2.05) is 13.0 Å². The Morgan fingerprint density at radius 1 is 1.40 bits per heavy atom. The van der Waals surface area contributed by atoms with Crippen molar-refractivity contribution in [1.82, 2.24) is 9.97 Å². The van der Waals surface area contributed by atoms with Crippen LogP contribution in [-0.4, -0.2) is 34.3 Å². The van der Waals surface area contributed by atoms with E-state index >= 15 is 0 Å². The van der Waals surface area contributed by atoms with Gasteiger partial charge in [0.25, 0.3) is 0 Å². The molecule has 0 spiro atoms. The number of halogens is 1. The number of rotatable bonds is 6. The number of aryl methyl sites for hydroxylation is 1. The van der Waals surface area contributed by atoms with Crippen LogP contribution in [0.15, 0.2) is 36.8 Å². The van der Waals surface area contributed by atoms with E-state index in [2.05, 4.69) is 15.3 Å². The number of hydrogen-bond acceptors (Lipinski definition) is 5. The Bertz CT molecular complexity index is 551. The maximum absolute atomic E-state index is 9.84. The molecule has 106 valence electrons. The zero-order valence-corrected chi connectivity index (χ0v) is 11.8. The van der Waals surface area contributed by atoms with Gasteiger partial charge in [-0.1, -0.05) is 11.6 Å². The van der Waals surface area contributed by atoms with Crippen LogP contribution >= 0.6 is 11.6 Å². The summed E-state index contributed by atoms with van der Waals surface area (Å²) >= 11 is 5.93. The topological polar surface area (TPSA) is 67.3 Å². The highest BCUT2D eigenvalue weighted by Gasteiger charge is 2.06. The van der Waals surface area contributed by atoms with Crippen molar-refractivity contribution in [2.45, 2.75) is 13.0 Å². The number of aliphatic hydroxyl groups is 1. The molecule has 1 unspecified atom stereocenters. The molecule has 1 aromatic carbocycles. The molecular formula is C14H16ClN3O2. The second kappa shape index (κ2) is 7.07. The fraction of sp³-hybridized carbons (Fsp3) is 0.286. The van der Waals surface area contributed by atoms with E-state index < -0.39 is 6.10 Å². The number of ether oxygens (including phenoxy) is 1. The fourth-order valence-electron chi connectivity index (χ4n) is 1.58. The minimum absolute atomic E-state index is 0.194. The predicted molar refractivity (Wildman–Crippen MR) is 78.2 cm³/mol. The van der Waals surface area contributed by atoms with Gasteiger partial charge in [-0.3, -0.25) is 0 Å². The van der Waals surface area contributed by atoms with Crippen LogP contribution in [0.25, 0.3) is 0 Å². The quantitative estimate of drug-likeness (QED) is 0.855. The number of aromatic nitrogens is 2. The summed E-state index contributed by atoms with van der Waals surface area (Å²) in [7, 11) is 0. The van der Waals surface area contributed by atoms with Gasteiger partial charge in [0, 0.05) is 17.8 Å². The highest BCUT2D eigenvalue weighted by molar-refractivity contribution is 6.31. The second-order valence-corrected chi connectivity index (χ2v) is 4.76. The maximum atomic E-state index is 9.84. The minimum Gasteiger partial charge on any atom is -0.491 e. The lowest BCUT2D eigenvalue weighted by Crippen LogP contribution is -2.26. The normalized spacial score (nSPS) is 11.9. The monoisotopic (exact) mass is 293 g/mol. The first-order chi connectivity index (χ1) is 9.65. The van der Waals surface area contributed by atoms with Crippen LogP contribution < -0.4 is 10.1 Å². The van der Waals surface area contributed by atoms with Crippen LogP contribution in [0.5, 0.6) is 5.75 Å². The summed E-state index contributed by atoms with van der Waals surface area (Å²) in [6.07, 6.45) is 2.44. The highest BCUT2D eigenvalue weighted by atomic mass is 35.5. The molecule has 0 fully saturated rings. The lowest BCUT2D eigenvalue weighted by atomic mass is 10.2. The molecule has 2 aromatic rings. The van der Waals surface area contributed by atoms with Gasteiger partial charge >= 0.3 is 0 Å². The van der Waals surface area contributed by atoms with Crippen LogP contribution in [0.4, 0.5) is 5.82 Å². The van der Waals surface area contributed by atoms with E-state index in [4.69, 9.17) is 16.3 Å². The summed E-state index contributed by atoms with van der Waals surface area (Å²) in [5.41, 5.74) is 0.942. The number of benzene rings is 1. The first-order valence-corrected chi connectivity index (χ1v) is 6.60. The van der Waals surface area contributed by atoms with E-state index in [9.17, 15) is 5.11 Å². The molecule has 1 aromatic heterocycles. The second-order valence-electron chi connectivity index (χ2n) is 4.35. The fourth-order valence-corrected chi connectivity index (χ4v) is 1.69. The van der Waals surface area contributed by atoms with Gasteiger partial charge in [-0.05, 0) is 36.8 Å². The van der Waals surface area contributed by atoms with E-state index in [0.717, 1.165) is 5.56 Å². The third kappa shape index (κ3) is 4.36. The highest BCUT2D eigenvalue weighted by Crippen LogP contribution is 2.21. The summed E-state index contributed by atoms with van der Waals surface area (Å²) in [6.45, 7) is 2.45. The third-order valence-electron chi connectivity index (χ3n) is 2.67. The third-order valence-corrected chi connectivity index (χ3v) is 3.10. The van der Waals surface area contributed by atoms with Gasteiger partial charge in [0.05, 0.1) is 0 Å². The van der Waals surface area contributed by atoms with Gasteiger partial charge < -0.3 is 15.2 Å². The summed E-state index contributed by atoms with van der Waals surface area (Å²) < 4.78 is 5.51. The molecule has 2 rings (SSSR count). The van der Waals surface area contributed by atoms with E-state index in [1.54, 1.807) is 24.4 Å². The summed E-state index contributed by atoms with van der Waals surface area (Å²) in [5, 5.41) is 13.5. The van der Waals surface area contributed by atoms with Gasteiger partial charge in [0.15, 0.2) is 0 Å². The smallest absolute Gasteiger partial charge is 0.129 e. The number of hydrogen-bond donors (Lipinski definition) is 2. The molecule has 1 heterocycles. The van der Waals surface area contributed by atoms with Crippen LogP contribution in [0.1, 0.15) is 5.56 Å². The molecule has 0 radical (unpaired) electrons. The SMILES string of the molecule is Cc1cc(OCC(O)CNc2ccncn2)ccc1Cl. The lowest BCUT2D eigenvalue weighted by Gasteiger charge is -2.14. The number of anilines is 1. The first kappa shape index (κ1) is 14.6. The average molecular weight is 294 g/mol.